The summed E-state index contributed by atoms with van der Waals surface area (Å²) in [4.78, 5) is 38.2. The van der Waals surface area contributed by atoms with Crippen LogP contribution in [0, 0.1) is 5.92 Å². The topological polar surface area (TPSA) is 98.7 Å². The molecule has 0 saturated carbocycles. The Bertz CT molecular complexity index is 1010. The molecule has 0 spiro atoms. The maximum atomic E-state index is 12.9. The second kappa shape index (κ2) is 9.02. The summed E-state index contributed by atoms with van der Waals surface area (Å²) < 4.78 is 12.3. The van der Waals surface area contributed by atoms with Crippen molar-refractivity contribution in [1.82, 2.24) is 15.2 Å². The molecule has 0 unspecified atom stereocenters. The molecule has 2 N–H and O–H groups in total. The van der Waals surface area contributed by atoms with E-state index in [4.69, 9.17) is 9.47 Å². The van der Waals surface area contributed by atoms with Crippen molar-refractivity contribution >= 4 is 11.8 Å². The van der Waals surface area contributed by atoms with E-state index < -0.39 is 17.2 Å². The third-order valence-corrected chi connectivity index (χ3v) is 4.69. The SMILES string of the molecule is CC(C)CNC(=O)c1cn(C(C)C)cc(C(=O)NCc2ccc3c(c2)OCO3)c1=O. The third-order valence-electron chi connectivity index (χ3n) is 4.69. The summed E-state index contributed by atoms with van der Waals surface area (Å²) in [6.07, 6.45) is 2.98. The molecular weight excluding hydrogens is 386 g/mol. The molecule has 2 aromatic rings. The van der Waals surface area contributed by atoms with Crippen molar-refractivity contribution in [3.05, 3.63) is 57.5 Å². The largest absolute Gasteiger partial charge is 0.454 e. The monoisotopic (exact) mass is 413 g/mol. The minimum atomic E-state index is -0.587. The van der Waals surface area contributed by atoms with Crippen LogP contribution in [-0.4, -0.2) is 29.7 Å². The molecule has 0 bridgehead atoms. The number of aromatic nitrogens is 1. The van der Waals surface area contributed by atoms with Gasteiger partial charge in [-0.05, 0) is 37.5 Å². The Kier molecular flexibility index (Phi) is 6.44. The molecule has 30 heavy (non-hydrogen) atoms. The molecule has 3 rings (SSSR count). The number of rotatable bonds is 7. The van der Waals surface area contributed by atoms with E-state index in [1.807, 2.05) is 33.8 Å². The second-order valence-corrected chi connectivity index (χ2v) is 7.93. The minimum Gasteiger partial charge on any atom is -0.454 e. The first kappa shape index (κ1) is 21.4. The number of hydrogen-bond donors (Lipinski definition) is 2. The Morgan fingerprint density at radius 1 is 1.00 bits per heavy atom. The molecule has 2 amide bonds. The number of pyridine rings is 1. The number of hydrogen-bond acceptors (Lipinski definition) is 5. The van der Waals surface area contributed by atoms with Crippen molar-refractivity contribution < 1.29 is 19.1 Å². The summed E-state index contributed by atoms with van der Waals surface area (Å²) in [6.45, 7) is 8.58. The van der Waals surface area contributed by atoms with Crippen molar-refractivity contribution in [2.24, 2.45) is 5.92 Å². The number of nitrogens with zero attached hydrogens (tertiary/aromatic N) is 1. The molecule has 0 atom stereocenters. The van der Waals surface area contributed by atoms with Crippen molar-refractivity contribution in [2.75, 3.05) is 13.3 Å². The summed E-state index contributed by atoms with van der Waals surface area (Å²) in [5, 5.41) is 5.49. The van der Waals surface area contributed by atoms with Crippen LogP contribution in [0.5, 0.6) is 11.5 Å². The average molecular weight is 413 g/mol. The third kappa shape index (κ3) is 4.82. The molecule has 160 valence electrons. The van der Waals surface area contributed by atoms with Crippen LogP contribution in [0.3, 0.4) is 0 Å². The first-order valence-corrected chi connectivity index (χ1v) is 9.97. The Hall–Kier alpha value is -3.29. The van der Waals surface area contributed by atoms with E-state index in [0.717, 1.165) is 5.56 Å². The van der Waals surface area contributed by atoms with Crippen molar-refractivity contribution in [3.8, 4) is 11.5 Å². The van der Waals surface area contributed by atoms with Gasteiger partial charge in [-0.3, -0.25) is 14.4 Å². The fraction of sp³-hybridized carbons (Fsp3) is 0.409. The zero-order valence-corrected chi connectivity index (χ0v) is 17.7. The van der Waals surface area contributed by atoms with Crippen LogP contribution < -0.4 is 25.5 Å². The Morgan fingerprint density at radius 3 is 2.27 bits per heavy atom. The van der Waals surface area contributed by atoms with E-state index in [0.29, 0.717) is 18.0 Å². The number of fused-ring (bicyclic) bond motifs is 1. The molecule has 0 radical (unpaired) electrons. The average Bonchev–Trinajstić information content (AvgIpc) is 3.18. The highest BCUT2D eigenvalue weighted by atomic mass is 16.7. The molecule has 8 nitrogen and oxygen atoms in total. The highest BCUT2D eigenvalue weighted by molar-refractivity contribution is 5.99. The number of benzene rings is 1. The van der Waals surface area contributed by atoms with Gasteiger partial charge in [-0.25, -0.2) is 0 Å². The molecule has 1 aliphatic heterocycles. The van der Waals surface area contributed by atoms with Gasteiger partial charge in [-0.15, -0.1) is 0 Å². The van der Waals surface area contributed by atoms with Gasteiger partial charge >= 0.3 is 0 Å². The summed E-state index contributed by atoms with van der Waals surface area (Å²) >= 11 is 0. The van der Waals surface area contributed by atoms with Crippen LogP contribution in [-0.2, 0) is 6.54 Å². The van der Waals surface area contributed by atoms with Crippen molar-refractivity contribution in [3.63, 3.8) is 0 Å². The van der Waals surface area contributed by atoms with Crippen LogP contribution in [0.25, 0.3) is 0 Å². The van der Waals surface area contributed by atoms with Gasteiger partial charge in [-0.2, -0.15) is 0 Å². The Balaban J connectivity index is 1.81. The van der Waals surface area contributed by atoms with E-state index in [9.17, 15) is 14.4 Å². The van der Waals surface area contributed by atoms with E-state index in [-0.39, 0.29) is 36.4 Å². The van der Waals surface area contributed by atoms with Gasteiger partial charge in [0.25, 0.3) is 11.8 Å². The van der Waals surface area contributed by atoms with Crippen LogP contribution >= 0.6 is 0 Å². The molecule has 8 heteroatoms. The zero-order chi connectivity index (χ0) is 21.8. The predicted octanol–water partition coefficient (Wildman–Crippen LogP) is 2.47. The highest BCUT2D eigenvalue weighted by Gasteiger charge is 2.20. The Labute approximate surface area is 175 Å². The summed E-state index contributed by atoms with van der Waals surface area (Å²) in [6, 6.07) is 5.35. The lowest BCUT2D eigenvalue weighted by molar-refractivity contribution is 0.0946. The van der Waals surface area contributed by atoms with E-state index in [2.05, 4.69) is 10.6 Å². The second-order valence-electron chi connectivity index (χ2n) is 7.93. The molecule has 1 aliphatic rings. The Morgan fingerprint density at radius 2 is 1.63 bits per heavy atom. The minimum absolute atomic E-state index is 0.0253. The maximum Gasteiger partial charge on any atom is 0.257 e. The van der Waals surface area contributed by atoms with Gasteiger partial charge in [0.1, 0.15) is 11.1 Å². The first-order chi connectivity index (χ1) is 14.3. The summed E-state index contributed by atoms with van der Waals surface area (Å²) in [7, 11) is 0. The molecule has 0 aliphatic carbocycles. The number of carbonyl (C=O) groups excluding carboxylic acids is 2. The quantitative estimate of drug-likeness (QED) is 0.727. The molecule has 1 aromatic carbocycles. The van der Waals surface area contributed by atoms with Crippen molar-refractivity contribution in [1.29, 1.82) is 0 Å². The molecule has 0 fully saturated rings. The normalized spacial score (nSPS) is 12.3. The standard InChI is InChI=1S/C22H27N3O5/c1-13(2)8-23-21(27)16-10-25(14(3)4)11-17(20(16)26)22(28)24-9-15-5-6-18-19(7-15)30-12-29-18/h5-7,10-11,13-14H,8-9,12H2,1-4H3,(H,23,27)(H,24,28). The van der Waals surface area contributed by atoms with Gasteiger partial charge in [0, 0.05) is 31.5 Å². The lowest BCUT2D eigenvalue weighted by atomic mass is 10.1. The van der Waals surface area contributed by atoms with Gasteiger partial charge in [-0.1, -0.05) is 19.9 Å². The van der Waals surface area contributed by atoms with Gasteiger partial charge < -0.3 is 24.7 Å². The number of amides is 2. The lowest BCUT2D eigenvalue weighted by Gasteiger charge is -2.15. The lowest BCUT2D eigenvalue weighted by Crippen LogP contribution is -2.36. The van der Waals surface area contributed by atoms with Crippen molar-refractivity contribution in [2.45, 2.75) is 40.3 Å². The van der Waals surface area contributed by atoms with E-state index >= 15 is 0 Å². The number of ether oxygens (including phenoxy) is 2. The number of carbonyl (C=O) groups is 2. The predicted molar refractivity (Wildman–Crippen MR) is 112 cm³/mol. The fourth-order valence-corrected chi connectivity index (χ4v) is 2.94. The van der Waals surface area contributed by atoms with Gasteiger partial charge in [0.05, 0.1) is 0 Å². The van der Waals surface area contributed by atoms with E-state index in [1.165, 1.54) is 12.4 Å². The van der Waals surface area contributed by atoms with Gasteiger partial charge in [0.2, 0.25) is 12.2 Å². The van der Waals surface area contributed by atoms with Crippen LogP contribution in [0.2, 0.25) is 0 Å². The zero-order valence-electron chi connectivity index (χ0n) is 17.7. The molecular formula is C22H27N3O5. The van der Waals surface area contributed by atoms with Crippen LogP contribution in [0.1, 0.15) is 60.0 Å². The summed E-state index contributed by atoms with van der Waals surface area (Å²) in [5.41, 5.74) is 0.112. The molecule has 1 aromatic heterocycles. The first-order valence-electron chi connectivity index (χ1n) is 9.97. The highest BCUT2D eigenvalue weighted by Crippen LogP contribution is 2.32. The smallest absolute Gasteiger partial charge is 0.257 e. The van der Waals surface area contributed by atoms with Gasteiger partial charge in [0.15, 0.2) is 11.5 Å². The van der Waals surface area contributed by atoms with Crippen LogP contribution in [0.4, 0.5) is 0 Å². The molecule has 0 saturated heterocycles. The summed E-state index contributed by atoms with van der Waals surface area (Å²) in [5.74, 6) is 0.506. The maximum absolute atomic E-state index is 12.9. The van der Waals surface area contributed by atoms with E-state index in [1.54, 1.807) is 16.7 Å². The number of nitrogens with one attached hydrogen (secondary N) is 2. The fourth-order valence-electron chi connectivity index (χ4n) is 2.94. The van der Waals surface area contributed by atoms with Crippen LogP contribution in [0.15, 0.2) is 35.4 Å². The molecule has 2 heterocycles.